The molecule has 1 N–H and O–H groups in total. The second kappa shape index (κ2) is 6.42. The van der Waals surface area contributed by atoms with Gasteiger partial charge < -0.3 is 4.74 Å². The van der Waals surface area contributed by atoms with Crippen LogP contribution in [-0.4, -0.2) is 52.7 Å². The molecule has 2 rings (SSSR count). The highest BCUT2D eigenvalue weighted by Crippen LogP contribution is 2.09. The van der Waals surface area contributed by atoms with Crippen molar-refractivity contribution < 1.29 is 17.5 Å². The molecule has 19 heavy (non-hydrogen) atoms. The van der Waals surface area contributed by atoms with Crippen molar-refractivity contribution in [3.05, 3.63) is 30.1 Å². The predicted octanol–water partition coefficient (Wildman–Crippen LogP) is 0.436. The molecular weight excluding hydrogens is 271 g/mol. The van der Waals surface area contributed by atoms with Gasteiger partial charge in [0.15, 0.2) is 0 Å². The van der Waals surface area contributed by atoms with Crippen molar-refractivity contribution >= 4 is 10.0 Å². The van der Waals surface area contributed by atoms with Crippen molar-refractivity contribution in [1.82, 2.24) is 9.62 Å². The molecule has 106 valence electrons. The fourth-order valence-corrected chi connectivity index (χ4v) is 2.88. The molecule has 1 aliphatic rings. The number of hydrogen-bond acceptors (Lipinski definition) is 4. The molecule has 7 heteroatoms. The standard InChI is InChI=1S/C12H17FN2O3S/c13-11-1-3-12(4-2-11)19(16,17)14-5-6-15-7-9-18-10-8-15/h1-4,14H,5-10H2. The molecule has 1 saturated heterocycles. The molecule has 0 amide bonds. The molecule has 0 atom stereocenters. The maximum atomic E-state index is 12.7. The average Bonchev–Trinajstić information content (AvgIpc) is 2.40. The number of benzene rings is 1. The normalized spacial score (nSPS) is 17.5. The topological polar surface area (TPSA) is 58.6 Å². The van der Waals surface area contributed by atoms with E-state index in [-0.39, 0.29) is 4.90 Å². The summed E-state index contributed by atoms with van der Waals surface area (Å²) in [5, 5.41) is 0. The Morgan fingerprint density at radius 1 is 1.21 bits per heavy atom. The Hall–Kier alpha value is -1.02. The van der Waals surface area contributed by atoms with Crippen LogP contribution in [0, 0.1) is 5.82 Å². The van der Waals surface area contributed by atoms with Gasteiger partial charge in [-0.05, 0) is 24.3 Å². The van der Waals surface area contributed by atoms with Crippen LogP contribution < -0.4 is 4.72 Å². The van der Waals surface area contributed by atoms with Gasteiger partial charge in [-0.2, -0.15) is 0 Å². The first-order valence-electron chi connectivity index (χ1n) is 6.13. The Bertz CT molecular complexity index is 498. The van der Waals surface area contributed by atoms with Gasteiger partial charge in [0.2, 0.25) is 10.0 Å². The number of nitrogens with one attached hydrogen (secondary N) is 1. The fourth-order valence-electron chi connectivity index (χ4n) is 1.86. The van der Waals surface area contributed by atoms with Crippen molar-refractivity contribution in [3.8, 4) is 0 Å². The van der Waals surface area contributed by atoms with Crippen molar-refractivity contribution in [1.29, 1.82) is 0 Å². The van der Waals surface area contributed by atoms with Crippen molar-refractivity contribution in [2.45, 2.75) is 4.90 Å². The molecule has 0 aliphatic carbocycles. The lowest BCUT2D eigenvalue weighted by Gasteiger charge is -2.26. The molecular formula is C12H17FN2O3S. The van der Waals surface area contributed by atoms with Gasteiger partial charge in [-0.3, -0.25) is 4.90 Å². The summed E-state index contributed by atoms with van der Waals surface area (Å²) in [4.78, 5) is 2.22. The summed E-state index contributed by atoms with van der Waals surface area (Å²) in [6.07, 6.45) is 0. The van der Waals surface area contributed by atoms with Gasteiger partial charge >= 0.3 is 0 Å². The van der Waals surface area contributed by atoms with E-state index in [0.29, 0.717) is 26.3 Å². The second-order valence-corrected chi connectivity index (χ2v) is 6.07. The summed E-state index contributed by atoms with van der Waals surface area (Å²) < 4.78 is 44.3. The van der Waals surface area contributed by atoms with Crippen LogP contribution in [0.1, 0.15) is 0 Å². The van der Waals surface area contributed by atoms with Crippen LogP contribution in [0.3, 0.4) is 0 Å². The van der Waals surface area contributed by atoms with E-state index in [2.05, 4.69) is 9.62 Å². The Balaban J connectivity index is 1.85. The van der Waals surface area contributed by atoms with Crippen LogP contribution in [0.2, 0.25) is 0 Å². The zero-order chi connectivity index (χ0) is 13.7. The van der Waals surface area contributed by atoms with Crippen LogP contribution in [0.5, 0.6) is 0 Å². The molecule has 0 bridgehead atoms. The summed E-state index contributed by atoms with van der Waals surface area (Å²) in [6, 6.07) is 4.78. The van der Waals surface area contributed by atoms with Crippen molar-refractivity contribution in [2.24, 2.45) is 0 Å². The number of sulfonamides is 1. The van der Waals surface area contributed by atoms with E-state index in [1.54, 1.807) is 0 Å². The first-order chi connectivity index (χ1) is 9.08. The predicted molar refractivity (Wildman–Crippen MR) is 68.8 cm³/mol. The molecule has 5 nitrogen and oxygen atoms in total. The van der Waals surface area contributed by atoms with Gasteiger partial charge in [0.25, 0.3) is 0 Å². The van der Waals surface area contributed by atoms with Gasteiger partial charge in [-0.25, -0.2) is 17.5 Å². The Morgan fingerprint density at radius 2 is 1.84 bits per heavy atom. The molecule has 1 aromatic carbocycles. The Labute approximate surface area is 112 Å². The third-order valence-electron chi connectivity index (χ3n) is 2.95. The van der Waals surface area contributed by atoms with E-state index in [9.17, 15) is 12.8 Å². The fraction of sp³-hybridized carbons (Fsp3) is 0.500. The van der Waals surface area contributed by atoms with E-state index in [1.165, 1.54) is 12.1 Å². The number of nitrogens with zero attached hydrogens (tertiary/aromatic N) is 1. The van der Waals surface area contributed by atoms with Crippen LogP contribution in [0.4, 0.5) is 4.39 Å². The third-order valence-corrected chi connectivity index (χ3v) is 4.42. The largest absolute Gasteiger partial charge is 0.379 e. The van der Waals surface area contributed by atoms with Crippen LogP contribution in [0.25, 0.3) is 0 Å². The summed E-state index contributed by atoms with van der Waals surface area (Å²) in [5.41, 5.74) is 0. The van der Waals surface area contributed by atoms with E-state index >= 15 is 0 Å². The van der Waals surface area contributed by atoms with Gasteiger partial charge in [0.05, 0.1) is 18.1 Å². The molecule has 1 aromatic rings. The average molecular weight is 288 g/mol. The molecule has 1 aliphatic heterocycles. The smallest absolute Gasteiger partial charge is 0.240 e. The SMILES string of the molecule is O=S(=O)(NCCN1CCOCC1)c1ccc(F)cc1. The minimum Gasteiger partial charge on any atom is -0.379 e. The highest BCUT2D eigenvalue weighted by molar-refractivity contribution is 7.89. The number of morpholine rings is 1. The van der Waals surface area contributed by atoms with E-state index < -0.39 is 15.8 Å². The summed E-state index contributed by atoms with van der Waals surface area (Å²) >= 11 is 0. The molecule has 0 spiro atoms. The van der Waals surface area contributed by atoms with Crippen LogP contribution in [0.15, 0.2) is 29.2 Å². The molecule has 0 radical (unpaired) electrons. The van der Waals surface area contributed by atoms with Gasteiger partial charge in [0, 0.05) is 26.2 Å². The number of halogens is 1. The van der Waals surface area contributed by atoms with Gasteiger partial charge in [-0.1, -0.05) is 0 Å². The zero-order valence-electron chi connectivity index (χ0n) is 10.5. The maximum absolute atomic E-state index is 12.7. The van der Waals surface area contributed by atoms with Crippen molar-refractivity contribution in [2.75, 3.05) is 39.4 Å². The Morgan fingerprint density at radius 3 is 2.47 bits per heavy atom. The quantitative estimate of drug-likeness (QED) is 0.854. The van der Waals surface area contributed by atoms with Gasteiger partial charge in [-0.15, -0.1) is 0 Å². The lowest BCUT2D eigenvalue weighted by atomic mass is 10.4. The van der Waals surface area contributed by atoms with E-state index in [1.807, 2.05) is 0 Å². The van der Waals surface area contributed by atoms with E-state index in [4.69, 9.17) is 4.74 Å². The van der Waals surface area contributed by atoms with Crippen molar-refractivity contribution in [3.63, 3.8) is 0 Å². The number of rotatable bonds is 5. The third kappa shape index (κ3) is 4.24. The van der Waals surface area contributed by atoms with E-state index in [0.717, 1.165) is 25.2 Å². The minimum atomic E-state index is -3.55. The number of hydrogen-bond donors (Lipinski definition) is 1. The highest BCUT2D eigenvalue weighted by Gasteiger charge is 2.15. The Kier molecular flexibility index (Phi) is 4.87. The monoisotopic (exact) mass is 288 g/mol. The lowest BCUT2D eigenvalue weighted by molar-refractivity contribution is 0.0390. The van der Waals surface area contributed by atoms with Gasteiger partial charge in [0.1, 0.15) is 5.82 Å². The van der Waals surface area contributed by atoms with Crippen LogP contribution >= 0.6 is 0 Å². The molecule has 0 saturated carbocycles. The molecule has 0 aromatic heterocycles. The zero-order valence-corrected chi connectivity index (χ0v) is 11.3. The summed E-state index contributed by atoms with van der Waals surface area (Å²) in [7, 11) is -3.55. The van der Waals surface area contributed by atoms with Crippen LogP contribution in [-0.2, 0) is 14.8 Å². The molecule has 1 fully saturated rings. The first-order valence-corrected chi connectivity index (χ1v) is 7.61. The molecule has 1 heterocycles. The lowest BCUT2D eigenvalue weighted by Crippen LogP contribution is -2.41. The molecule has 0 unspecified atom stereocenters. The summed E-state index contributed by atoms with van der Waals surface area (Å²) in [5.74, 6) is -0.452. The summed E-state index contributed by atoms with van der Waals surface area (Å²) in [6.45, 7) is 3.98. The first kappa shape index (κ1) is 14.4. The number of ether oxygens (including phenoxy) is 1. The highest BCUT2D eigenvalue weighted by atomic mass is 32.2. The maximum Gasteiger partial charge on any atom is 0.240 e. The minimum absolute atomic E-state index is 0.0795. The second-order valence-electron chi connectivity index (χ2n) is 4.31.